The lowest BCUT2D eigenvalue weighted by atomic mass is 10.1. The van der Waals surface area contributed by atoms with E-state index in [2.05, 4.69) is 34.0 Å². The van der Waals surface area contributed by atoms with Crippen molar-refractivity contribution in [2.24, 2.45) is 4.99 Å². The lowest BCUT2D eigenvalue weighted by Gasteiger charge is -2.26. The molecular weight excluding hydrogens is 296 g/mol. The minimum Gasteiger partial charge on any atom is -0.357 e. The highest BCUT2D eigenvalue weighted by Crippen LogP contribution is 2.14. The third-order valence-corrected chi connectivity index (χ3v) is 4.83. The highest BCUT2D eigenvalue weighted by atomic mass is 32.1. The van der Waals surface area contributed by atoms with Crippen molar-refractivity contribution in [3.05, 3.63) is 21.9 Å². The Labute approximate surface area is 136 Å². The van der Waals surface area contributed by atoms with Crippen molar-refractivity contribution in [2.45, 2.75) is 39.7 Å². The van der Waals surface area contributed by atoms with Crippen LogP contribution in [-0.4, -0.2) is 42.9 Å². The van der Waals surface area contributed by atoms with Gasteiger partial charge in [0.2, 0.25) is 5.91 Å². The standard InChI is InChI=1S/C16H26N4OS/c1-3-17-16(18-11-14-13(2)7-10-22-14)19-12-15(21)20-8-5-4-6-9-20/h7,10H,3-6,8-9,11-12H2,1-2H3,(H2,17,18,19). The van der Waals surface area contributed by atoms with E-state index in [0.29, 0.717) is 5.96 Å². The van der Waals surface area contributed by atoms with E-state index >= 15 is 0 Å². The molecule has 0 saturated carbocycles. The van der Waals surface area contributed by atoms with Gasteiger partial charge in [0.1, 0.15) is 6.54 Å². The van der Waals surface area contributed by atoms with Crippen molar-refractivity contribution in [3.63, 3.8) is 0 Å². The zero-order chi connectivity index (χ0) is 15.8. The number of aliphatic imine (C=N–C) groups is 1. The van der Waals surface area contributed by atoms with Crippen molar-refractivity contribution in [3.8, 4) is 0 Å². The molecule has 1 amide bonds. The van der Waals surface area contributed by atoms with Gasteiger partial charge in [-0.05, 0) is 50.1 Å². The van der Waals surface area contributed by atoms with Crippen molar-refractivity contribution in [1.29, 1.82) is 0 Å². The van der Waals surface area contributed by atoms with Gasteiger partial charge < -0.3 is 15.5 Å². The van der Waals surface area contributed by atoms with E-state index in [0.717, 1.165) is 39.0 Å². The summed E-state index contributed by atoms with van der Waals surface area (Å²) in [4.78, 5) is 19.8. The second-order valence-electron chi connectivity index (χ2n) is 5.52. The van der Waals surface area contributed by atoms with Crippen molar-refractivity contribution < 1.29 is 4.79 Å². The molecule has 2 N–H and O–H groups in total. The van der Waals surface area contributed by atoms with Crippen molar-refractivity contribution in [2.75, 3.05) is 26.2 Å². The van der Waals surface area contributed by atoms with Crippen LogP contribution in [-0.2, 0) is 11.3 Å². The van der Waals surface area contributed by atoms with Gasteiger partial charge in [-0.1, -0.05) is 0 Å². The first-order chi connectivity index (χ1) is 10.7. The van der Waals surface area contributed by atoms with Gasteiger partial charge in [-0.15, -0.1) is 11.3 Å². The number of hydrogen-bond acceptors (Lipinski definition) is 3. The van der Waals surface area contributed by atoms with Crippen molar-refractivity contribution >= 4 is 23.2 Å². The summed E-state index contributed by atoms with van der Waals surface area (Å²) in [5.41, 5.74) is 1.29. The van der Waals surface area contributed by atoms with Crippen LogP contribution in [0.3, 0.4) is 0 Å². The van der Waals surface area contributed by atoms with Crippen LogP contribution in [0.2, 0.25) is 0 Å². The summed E-state index contributed by atoms with van der Waals surface area (Å²) in [6.07, 6.45) is 3.47. The number of piperidine rings is 1. The summed E-state index contributed by atoms with van der Waals surface area (Å²) < 4.78 is 0. The molecule has 0 unspecified atom stereocenters. The third kappa shape index (κ3) is 5.02. The largest absolute Gasteiger partial charge is 0.357 e. The topological polar surface area (TPSA) is 56.7 Å². The number of nitrogens with zero attached hydrogens (tertiary/aromatic N) is 2. The number of aryl methyl sites for hydroxylation is 1. The molecule has 0 bridgehead atoms. The van der Waals surface area contributed by atoms with Gasteiger partial charge in [0.25, 0.3) is 0 Å². The smallest absolute Gasteiger partial charge is 0.244 e. The molecule has 0 radical (unpaired) electrons. The number of carbonyl (C=O) groups excluding carboxylic acids is 1. The van der Waals surface area contributed by atoms with Crippen LogP contribution >= 0.6 is 11.3 Å². The summed E-state index contributed by atoms with van der Waals surface area (Å²) >= 11 is 1.74. The zero-order valence-electron chi connectivity index (χ0n) is 13.5. The number of likely N-dealkylation sites (tertiary alicyclic amines) is 1. The Morgan fingerprint density at radius 3 is 2.73 bits per heavy atom. The van der Waals surface area contributed by atoms with Gasteiger partial charge in [-0.25, -0.2) is 4.99 Å². The first-order valence-corrected chi connectivity index (χ1v) is 8.91. The quantitative estimate of drug-likeness (QED) is 0.645. The first kappa shape index (κ1) is 16.8. The fraction of sp³-hybridized carbons (Fsp3) is 0.625. The molecule has 1 saturated heterocycles. The number of guanidine groups is 1. The Bertz CT molecular complexity index is 506. The molecule has 0 aromatic carbocycles. The number of amides is 1. The second kappa shape index (κ2) is 8.78. The highest BCUT2D eigenvalue weighted by molar-refractivity contribution is 7.10. The number of thiophene rings is 1. The van der Waals surface area contributed by atoms with Gasteiger partial charge >= 0.3 is 0 Å². The fourth-order valence-corrected chi connectivity index (χ4v) is 3.33. The van der Waals surface area contributed by atoms with E-state index < -0.39 is 0 Å². The Morgan fingerprint density at radius 1 is 1.32 bits per heavy atom. The van der Waals surface area contributed by atoms with E-state index in [4.69, 9.17) is 0 Å². The summed E-state index contributed by atoms with van der Waals surface area (Å²) in [5, 5.41) is 8.59. The SMILES string of the molecule is CCNC(=NCC(=O)N1CCCCC1)NCc1sccc1C. The molecular formula is C16H26N4OS. The Hall–Kier alpha value is -1.56. The summed E-state index contributed by atoms with van der Waals surface area (Å²) in [6, 6.07) is 2.12. The Kier molecular flexibility index (Phi) is 6.71. The molecule has 1 aliphatic rings. The second-order valence-corrected chi connectivity index (χ2v) is 6.52. The molecule has 1 aromatic rings. The van der Waals surface area contributed by atoms with Crippen LogP contribution in [0.5, 0.6) is 0 Å². The van der Waals surface area contributed by atoms with Gasteiger partial charge in [-0.2, -0.15) is 0 Å². The molecule has 0 aliphatic carbocycles. The maximum Gasteiger partial charge on any atom is 0.244 e. The zero-order valence-corrected chi connectivity index (χ0v) is 14.3. The van der Waals surface area contributed by atoms with Crippen molar-refractivity contribution in [1.82, 2.24) is 15.5 Å². The van der Waals surface area contributed by atoms with E-state index in [1.54, 1.807) is 11.3 Å². The van der Waals surface area contributed by atoms with E-state index in [-0.39, 0.29) is 12.5 Å². The van der Waals surface area contributed by atoms with Crippen LogP contribution in [0, 0.1) is 6.92 Å². The van der Waals surface area contributed by atoms with Gasteiger partial charge in [0.15, 0.2) is 5.96 Å². The molecule has 22 heavy (non-hydrogen) atoms. The molecule has 2 heterocycles. The maximum atomic E-state index is 12.2. The van der Waals surface area contributed by atoms with Crippen LogP contribution < -0.4 is 10.6 Å². The van der Waals surface area contributed by atoms with Crippen LogP contribution in [0.1, 0.15) is 36.6 Å². The Morgan fingerprint density at radius 2 is 2.09 bits per heavy atom. The molecule has 6 heteroatoms. The third-order valence-electron chi connectivity index (χ3n) is 3.81. The predicted molar refractivity (Wildman–Crippen MR) is 92.3 cm³/mol. The highest BCUT2D eigenvalue weighted by Gasteiger charge is 2.15. The molecule has 1 aliphatic heterocycles. The van der Waals surface area contributed by atoms with E-state index in [1.807, 2.05) is 11.8 Å². The van der Waals surface area contributed by atoms with Gasteiger partial charge in [-0.3, -0.25) is 4.79 Å². The lowest BCUT2D eigenvalue weighted by molar-refractivity contribution is -0.130. The van der Waals surface area contributed by atoms with E-state index in [1.165, 1.54) is 16.9 Å². The van der Waals surface area contributed by atoms with Crippen LogP contribution in [0.15, 0.2) is 16.4 Å². The molecule has 2 rings (SSSR count). The minimum atomic E-state index is 0.129. The summed E-state index contributed by atoms with van der Waals surface area (Å²) in [5.74, 6) is 0.838. The van der Waals surface area contributed by atoms with Gasteiger partial charge in [0.05, 0.1) is 6.54 Å². The number of hydrogen-bond donors (Lipinski definition) is 2. The minimum absolute atomic E-state index is 0.129. The van der Waals surface area contributed by atoms with Crippen LogP contribution in [0.4, 0.5) is 0 Å². The molecule has 122 valence electrons. The fourth-order valence-electron chi connectivity index (χ4n) is 2.48. The Balaban J connectivity index is 1.86. The average molecular weight is 322 g/mol. The average Bonchev–Trinajstić information content (AvgIpc) is 2.96. The summed E-state index contributed by atoms with van der Waals surface area (Å²) in [7, 11) is 0. The molecule has 1 aromatic heterocycles. The summed E-state index contributed by atoms with van der Waals surface area (Å²) in [6.45, 7) is 7.65. The first-order valence-electron chi connectivity index (χ1n) is 8.03. The maximum absolute atomic E-state index is 12.2. The lowest BCUT2D eigenvalue weighted by Crippen LogP contribution is -2.40. The number of rotatable bonds is 5. The normalized spacial score (nSPS) is 15.7. The van der Waals surface area contributed by atoms with Crippen LogP contribution in [0.25, 0.3) is 0 Å². The van der Waals surface area contributed by atoms with E-state index in [9.17, 15) is 4.79 Å². The number of nitrogens with one attached hydrogen (secondary N) is 2. The molecule has 0 atom stereocenters. The number of carbonyl (C=O) groups is 1. The monoisotopic (exact) mass is 322 g/mol. The molecule has 1 fully saturated rings. The van der Waals surface area contributed by atoms with Gasteiger partial charge in [0, 0.05) is 24.5 Å². The predicted octanol–water partition coefficient (Wildman–Crippen LogP) is 2.12. The molecule has 5 nitrogen and oxygen atoms in total. The molecule has 0 spiro atoms.